The lowest BCUT2D eigenvalue weighted by molar-refractivity contribution is -0.126. The summed E-state index contributed by atoms with van der Waals surface area (Å²) in [7, 11) is 0. The zero-order valence-corrected chi connectivity index (χ0v) is 13.6. The summed E-state index contributed by atoms with van der Waals surface area (Å²) in [5.41, 5.74) is 0. The van der Waals surface area contributed by atoms with E-state index in [9.17, 15) is 4.79 Å². The van der Waals surface area contributed by atoms with Gasteiger partial charge in [0, 0.05) is 17.5 Å². The van der Waals surface area contributed by atoms with Crippen LogP contribution in [-0.4, -0.2) is 10.9 Å². The van der Waals surface area contributed by atoms with E-state index in [0.29, 0.717) is 11.8 Å². The highest BCUT2D eigenvalue weighted by atomic mass is 32.1. The highest BCUT2D eigenvalue weighted by Crippen LogP contribution is 2.32. The van der Waals surface area contributed by atoms with Crippen LogP contribution >= 0.6 is 11.3 Å². The average molecular weight is 294 g/mol. The number of carbonyl (C=O) groups excluding carboxylic acids is 1. The molecule has 1 fully saturated rings. The number of rotatable bonds is 6. The zero-order valence-electron chi connectivity index (χ0n) is 12.8. The Balaban J connectivity index is 1.97. The van der Waals surface area contributed by atoms with Crippen LogP contribution in [0.1, 0.15) is 63.9 Å². The van der Waals surface area contributed by atoms with Crippen LogP contribution < -0.4 is 5.32 Å². The number of nitrogens with one attached hydrogen (secondary N) is 1. The third kappa shape index (κ3) is 4.05. The smallest absolute Gasteiger partial charge is 0.223 e. The Labute approximate surface area is 126 Å². The molecule has 1 aliphatic rings. The van der Waals surface area contributed by atoms with E-state index in [2.05, 4.69) is 31.1 Å². The Hall–Kier alpha value is -0.900. The lowest BCUT2D eigenvalue weighted by atomic mass is 9.91. The van der Waals surface area contributed by atoms with Crippen LogP contribution in [0.3, 0.4) is 0 Å². The molecule has 3 nitrogen and oxygen atoms in total. The van der Waals surface area contributed by atoms with E-state index in [1.165, 1.54) is 25.7 Å². The van der Waals surface area contributed by atoms with E-state index in [1.54, 1.807) is 11.3 Å². The third-order valence-corrected chi connectivity index (χ3v) is 5.18. The first-order valence-electron chi connectivity index (χ1n) is 7.77. The first kappa shape index (κ1) is 15.5. The molecule has 1 aromatic heterocycles. The summed E-state index contributed by atoms with van der Waals surface area (Å²) in [5, 5.41) is 6.25. The summed E-state index contributed by atoms with van der Waals surface area (Å²) in [6.07, 6.45) is 7.76. The van der Waals surface area contributed by atoms with Gasteiger partial charge in [0.1, 0.15) is 5.01 Å². The average Bonchev–Trinajstić information content (AvgIpc) is 3.09. The summed E-state index contributed by atoms with van der Waals surface area (Å²) in [4.78, 5) is 16.9. The summed E-state index contributed by atoms with van der Waals surface area (Å²) >= 11 is 1.63. The van der Waals surface area contributed by atoms with E-state index >= 15 is 0 Å². The molecule has 2 atom stereocenters. The standard InChI is InChI=1S/C16H26N2OS/c1-11(2)10-14(16-17-8-9-20-16)18-15(19)12(3)13-6-4-5-7-13/h8-9,11-14H,4-7,10H2,1-3H3,(H,18,19). The topological polar surface area (TPSA) is 42.0 Å². The zero-order chi connectivity index (χ0) is 14.5. The summed E-state index contributed by atoms with van der Waals surface area (Å²) in [6, 6.07) is 0.0753. The Morgan fingerprint density at radius 2 is 2.10 bits per heavy atom. The van der Waals surface area contributed by atoms with Gasteiger partial charge >= 0.3 is 0 Å². The monoisotopic (exact) mass is 294 g/mol. The van der Waals surface area contributed by atoms with Gasteiger partial charge in [0.15, 0.2) is 0 Å². The molecular weight excluding hydrogens is 268 g/mol. The lowest BCUT2D eigenvalue weighted by Crippen LogP contribution is -2.36. The van der Waals surface area contributed by atoms with E-state index < -0.39 is 0 Å². The van der Waals surface area contributed by atoms with Crippen molar-refractivity contribution in [3.8, 4) is 0 Å². The number of nitrogens with zero attached hydrogens (tertiary/aromatic N) is 1. The van der Waals surface area contributed by atoms with Gasteiger partial charge in [0.05, 0.1) is 6.04 Å². The van der Waals surface area contributed by atoms with Crippen LogP contribution in [0.2, 0.25) is 0 Å². The number of amides is 1. The van der Waals surface area contributed by atoms with Crippen LogP contribution in [0.25, 0.3) is 0 Å². The number of hydrogen-bond acceptors (Lipinski definition) is 3. The maximum Gasteiger partial charge on any atom is 0.223 e. The van der Waals surface area contributed by atoms with Gasteiger partial charge in [-0.2, -0.15) is 0 Å². The van der Waals surface area contributed by atoms with Crippen LogP contribution in [0, 0.1) is 17.8 Å². The van der Waals surface area contributed by atoms with Crippen molar-refractivity contribution in [2.75, 3.05) is 0 Å². The molecule has 0 aromatic carbocycles. The molecule has 0 bridgehead atoms. The van der Waals surface area contributed by atoms with Crippen molar-refractivity contribution in [1.82, 2.24) is 10.3 Å². The maximum atomic E-state index is 12.5. The molecule has 1 amide bonds. The van der Waals surface area contributed by atoms with Crippen molar-refractivity contribution in [2.45, 2.75) is 58.9 Å². The lowest BCUT2D eigenvalue weighted by Gasteiger charge is -2.23. The normalized spacial score (nSPS) is 19.2. The quantitative estimate of drug-likeness (QED) is 0.855. The second-order valence-corrected chi connectivity index (χ2v) is 7.32. The van der Waals surface area contributed by atoms with Gasteiger partial charge in [-0.25, -0.2) is 4.98 Å². The Bertz CT molecular complexity index is 410. The number of aromatic nitrogens is 1. The summed E-state index contributed by atoms with van der Waals surface area (Å²) < 4.78 is 0. The molecule has 1 N–H and O–H groups in total. The van der Waals surface area contributed by atoms with E-state index in [0.717, 1.165) is 11.4 Å². The minimum Gasteiger partial charge on any atom is -0.347 e. The maximum absolute atomic E-state index is 12.5. The van der Waals surface area contributed by atoms with Gasteiger partial charge in [-0.3, -0.25) is 4.79 Å². The van der Waals surface area contributed by atoms with Gasteiger partial charge < -0.3 is 5.32 Å². The van der Waals surface area contributed by atoms with Crippen molar-refractivity contribution in [1.29, 1.82) is 0 Å². The number of carbonyl (C=O) groups is 1. The van der Waals surface area contributed by atoms with Crippen molar-refractivity contribution < 1.29 is 4.79 Å². The van der Waals surface area contributed by atoms with E-state index in [-0.39, 0.29) is 17.9 Å². The molecule has 0 radical (unpaired) electrons. The molecule has 1 aromatic rings. The van der Waals surface area contributed by atoms with Crippen molar-refractivity contribution in [2.24, 2.45) is 17.8 Å². The molecular formula is C16H26N2OS. The third-order valence-electron chi connectivity index (χ3n) is 4.29. The second kappa shape index (κ2) is 7.21. The van der Waals surface area contributed by atoms with Gasteiger partial charge in [0.25, 0.3) is 0 Å². The first-order valence-corrected chi connectivity index (χ1v) is 8.65. The Kier molecular flexibility index (Phi) is 5.58. The van der Waals surface area contributed by atoms with Crippen LogP contribution in [0.15, 0.2) is 11.6 Å². The molecule has 1 saturated carbocycles. The molecule has 2 unspecified atom stereocenters. The van der Waals surface area contributed by atoms with Gasteiger partial charge in [-0.15, -0.1) is 11.3 Å². The highest BCUT2D eigenvalue weighted by Gasteiger charge is 2.29. The van der Waals surface area contributed by atoms with Crippen LogP contribution in [-0.2, 0) is 4.79 Å². The highest BCUT2D eigenvalue weighted by molar-refractivity contribution is 7.09. The summed E-state index contributed by atoms with van der Waals surface area (Å²) in [5.74, 6) is 1.46. The predicted molar refractivity (Wildman–Crippen MR) is 83.6 cm³/mol. The Morgan fingerprint density at radius 1 is 1.40 bits per heavy atom. The fraction of sp³-hybridized carbons (Fsp3) is 0.750. The molecule has 0 saturated heterocycles. The van der Waals surface area contributed by atoms with Gasteiger partial charge in [0.2, 0.25) is 5.91 Å². The minimum absolute atomic E-state index is 0.0753. The minimum atomic E-state index is 0.0753. The molecule has 1 aliphatic carbocycles. The van der Waals surface area contributed by atoms with E-state index in [1.807, 2.05) is 11.6 Å². The number of hydrogen-bond donors (Lipinski definition) is 1. The predicted octanol–water partition coefficient (Wildman–Crippen LogP) is 4.17. The van der Waals surface area contributed by atoms with Gasteiger partial charge in [-0.05, 0) is 31.1 Å². The molecule has 20 heavy (non-hydrogen) atoms. The van der Waals surface area contributed by atoms with Crippen LogP contribution in [0.4, 0.5) is 0 Å². The Morgan fingerprint density at radius 3 is 2.65 bits per heavy atom. The SMILES string of the molecule is CC(C)CC(NC(=O)C(C)C1CCCC1)c1nccs1. The number of thiazole rings is 1. The molecule has 2 rings (SSSR count). The first-order chi connectivity index (χ1) is 9.58. The molecule has 112 valence electrons. The second-order valence-electron chi connectivity index (χ2n) is 6.39. The molecule has 1 heterocycles. The molecule has 4 heteroatoms. The van der Waals surface area contributed by atoms with Crippen molar-refractivity contribution in [3.63, 3.8) is 0 Å². The fourth-order valence-electron chi connectivity index (χ4n) is 3.07. The molecule has 0 spiro atoms. The van der Waals surface area contributed by atoms with E-state index in [4.69, 9.17) is 0 Å². The summed E-state index contributed by atoms with van der Waals surface area (Å²) in [6.45, 7) is 6.46. The largest absolute Gasteiger partial charge is 0.347 e. The van der Waals surface area contributed by atoms with Gasteiger partial charge in [-0.1, -0.05) is 33.6 Å². The van der Waals surface area contributed by atoms with Crippen molar-refractivity contribution in [3.05, 3.63) is 16.6 Å². The fourth-order valence-corrected chi connectivity index (χ4v) is 3.78. The van der Waals surface area contributed by atoms with Crippen molar-refractivity contribution >= 4 is 17.2 Å². The molecule has 0 aliphatic heterocycles. The van der Waals surface area contributed by atoms with Crippen LogP contribution in [0.5, 0.6) is 0 Å².